The van der Waals surface area contributed by atoms with Gasteiger partial charge >= 0.3 is 6.09 Å². The number of ether oxygens (including phenoxy) is 1. The Balaban J connectivity index is 1.77. The van der Waals surface area contributed by atoms with Crippen molar-refractivity contribution in [2.45, 2.75) is 33.1 Å². The van der Waals surface area contributed by atoms with Crippen molar-refractivity contribution in [3.63, 3.8) is 0 Å². The Hall–Kier alpha value is -1.99. The summed E-state index contributed by atoms with van der Waals surface area (Å²) < 4.78 is 5.05. The molecule has 0 aromatic carbocycles. The summed E-state index contributed by atoms with van der Waals surface area (Å²) in [6, 6.07) is 0. The van der Waals surface area contributed by atoms with Gasteiger partial charge in [0.05, 0.1) is 6.61 Å². The lowest BCUT2D eigenvalue weighted by molar-refractivity contribution is -0.127. The fraction of sp³-hybridized carbons (Fsp3) is 0.824. The van der Waals surface area contributed by atoms with E-state index in [1.165, 1.54) is 0 Å². The van der Waals surface area contributed by atoms with Gasteiger partial charge in [-0.2, -0.15) is 0 Å². The van der Waals surface area contributed by atoms with Crippen molar-refractivity contribution in [2.24, 2.45) is 4.99 Å². The van der Waals surface area contributed by atoms with Gasteiger partial charge in [-0.3, -0.25) is 9.79 Å². The average Bonchev–Trinajstić information content (AvgIpc) is 3.03. The standard InChI is InChI=1S/C17H31N5O3/c1-3-18-16(19-8-6-10-20-9-5-7-15(20)23)21-11-13-22(14-12-21)17(24)25-4-2/h3-14H2,1-2H3,(H,18,19). The summed E-state index contributed by atoms with van der Waals surface area (Å²) in [7, 11) is 0. The molecule has 1 N–H and O–H groups in total. The van der Waals surface area contributed by atoms with Gasteiger partial charge in [-0.05, 0) is 26.7 Å². The quantitative estimate of drug-likeness (QED) is 0.433. The molecule has 0 aliphatic carbocycles. The van der Waals surface area contributed by atoms with Crippen LogP contribution in [0.5, 0.6) is 0 Å². The van der Waals surface area contributed by atoms with Crippen molar-refractivity contribution in [3.8, 4) is 0 Å². The first-order valence-electron chi connectivity index (χ1n) is 9.38. The molecule has 0 saturated carbocycles. The zero-order chi connectivity index (χ0) is 18.1. The molecule has 2 aliphatic heterocycles. The fourth-order valence-electron chi connectivity index (χ4n) is 3.13. The minimum Gasteiger partial charge on any atom is -0.450 e. The van der Waals surface area contributed by atoms with Crippen molar-refractivity contribution >= 4 is 18.0 Å². The Morgan fingerprint density at radius 2 is 1.88 bits per heavy atom. The Morgan fingerprint density at radius 3 is 2.48 bits per heavy atom. The lowest BCUT2D eigenvalue weighted by Gasteiger charge is -2.35. The summed E-state index contributed by atoms with van der Waals surface area (Å²) in [4.78, 5) is 33.9. The van der Waals surface area contributed by atoms with Gasteiger partial charge in [-0.15, -0.1) is 0 Å². The predicted molar refractivity (Wildman–Crippen MR) is 96.6 cm³/mol. The minimum atomic E-state index is -0.237. The number of rotatable bonds is 6. The van der Waals surface area contributed by atoms with Crippen molar-refractivity contribution in [1.82, 2.24) is 20.0 Å². The second-order valence-corrected chi connectivity index (χ2v) is 6.25. The van der Waals surface area contributed by atoms with Crippen LogP contribution < -0.4 is 5.32 Å². The largest absolute Gasteiger partial charge is 0.450 e. The third kappa shape index (κ3) is 5.79. The molecule has 2 aliphatic rings. The molecule has 0 aromatic heterocycles. The Bertz CT molecular complexity index is 475. The van der Waals surface area contributed by atoms with Gasteiger partial charge in [0.2, 0.25) is 5.91 Å². The van der Waals surface area contributed by atoms with Crippen molar-refractivity contribution in [1.29, 1.82) is 0 Å². The molecule has 2 rings (SSSR count). The zero-order valence-electron chi connectivity index (χ0n) is 15.5. The molecule has 8 heteroatoms. The topological polar surface area (TPSA) is 77.5 Å². The molecular weight excluding hydrogens is 322 g/mol. The predicted octanol–water partition coefficient (Wildman–Crippen LogP) is 0.739. The first-order valence-corrected chi connectivity index (χ1v) is 9.38. The summed E-state index contributed by atoms with van der Waals surface area (Å²) in [5, 5.41) is 3.32. The molecular formula is C17H31N5O3. The second kappa shape index (κ2) is 10.1. The highest BCUT2D eigenvalue weighted by Crippen LogP contribution is 2.10. The van der Waals surface area contributed by atoms with Crippen LogP contribution in [0.2, 0.25) is 0 Å². The van der Waals surface area contributed by atoms with Gasteiger partial charge < -0.3 is 24.8 Å². The van der Waals surface area contributed by atoms with E-state index in [4.69, 9.17) is 4.74 Å². The van der Waals surface area contributed by atoms with Gasteiger partial charge in [0, 0.05) is 58.8 Å². The van der Waals surface area contributed by atoms with Crippen LogP contribution in [-0.4, -0.2) is 91.6 Å². The monoisotopic (exact) mass is 353 g/mol. The minimum absolute atomic E-state index is 0.237. The number of hydrogen-bond donors (Lipinski definition) is 1. The van der Waals surface area contributed by atoms with Gasteiger partial charge in [0.15, 0.2) is 5.96 Å². The van der Waals surface area contributed by atoms with Crippen LogP contribution in [-0.2, 0) is 9.53 Å². The molecule has 25 heavy (non-hydrogen) atoms. The molecule has 142 valence electrons. The number of hydrogen-bond acceptors (Lipinski definition) is 4. The van der Waals surface area contributed by atoms with E-state index in [2.05, 4.69) is 15.2 Å². The van der Waals surface area contributed by atoms with Crippen molar-refractivity contribution in [2.75, 3.05) is 59.0 Å². The van der Waals surface area contributed by atoms with Crippen LogP contribution in [0.25, 0.3) is 0 Å². The van der Waals surface area contributed by atoms with E-state index < -0.39 is 0 Å². The number of nitrogens with one attached hydrogen (secondary N) is 1. The maximum Gasteiger partial charge on any atom is 0.409 e. The molecule has 2 fully saturated rings. The maximum atomic E-state index is 11.8. The third-order valence-electron chi connectivity index (χ3n) is 4.46. The van der Waals surface area contributed by atoms with Crippen molar-refractivity contribution in [3.05, 3.63) is 0 Å². The molecule has 0 atom stereocenters. The number of piperazine rings is 1. The zero-order valence-corrected chi connectivity index (χ0v) is 15.5. The smallest absolute Gasteiger partial charge is 0.409 e. The first-order chi connectivity index (χ1) is 12.2. The lowest BCUT2D eigenvalue weighted by atomic mass is 10.3. The van der Waals surface area contributed by atoms with E-state index in [-0.39, 0.29) is 12.0 Å². The summed E-state index contributed by atoms with van der Waals surface area (Å²) in [6.45, 7) is 10.2. The SMILES string of the molecule is CCNC(=NCCCN1CCCC1=O)N1CCN(C(=O)OCC)CC1. The summed E-state index contributed by atoms with van der Waals surface area (Å²) in [6.07, 6.45) is 2.31. The van der Waals surface area contributed by atoms with Gasteiger partial charge in [0.1, 0.15) is 0 Å². The third-order valence-corrected chi connectivity index (χ3v) is 4.46. The molecule has 2 heterocycles. The van der Waals surface area contributed by atoms with E-state index in [0.717, 1.165) is 51.5 Å². The summed E-state index contributed by atoms with van der Waals surface area (Å²) in [5.41, 5.74) is 0. The number of nitrogens with zero attached hydrogens (tertiary/aromatic N) is 4. The Morgan fingerprint density at radius 1 is 1.16 bits per heavy atom. The summed E-state index contributed by atoms with van der Waals surface area (Å²) in [5.74, 6) is 1.16. The second-order valence-electron chi connectivity index (χ2n) is 6.25. The maximum absolute atomic E-state index is 11.8. The molecule has 8 nitrogen and oxygen atoms in total. The average molecular weight is 353 g/mol. The highest BCUT2D eigenvalue weighted by atomic mass is 16.6. The van der Waals surface area contributed by atoms with Gasteiger partial charge in [-0.25, -0.2) is 4.79 Å². The van der Waals surface area contributed by atoms with Crippen LogP contribution >= 0.6 is 0 Å². The van der Waals surface area contributed by atoms with E-state index in [9.17, 15) is 9.59 Å². The van der Waals surface area contributed by atoms with Gasteiger partial charge in [0.25, 0.3) is 0 Å². The first kappa shape index (κ1) is 19.3. The molecule has 0 radical (unpaired) electrons. The number of likely N-dealkylation sites (tertiary alicyclic amines) is 1. The van der Waals surface area contributed by atoms with E-state index in [0.29, 0.717) is 32.7 Å². The molecule has 2 saturated heterocycles. The van der Waals surface area contributed by atoms with E-state index in [1.54, 1.807) is 4.90 Å². The number of amides is 2. The number of aliphatic imine (C=N–C) groups is 1. The van der Waals surface area contributed by atoms with Crippen LogP contribution in [0, 0.1) is 0 Å². The van der Waals surface area contributed by atoms with E-state index in [1.807, 2.05) is 18.7 Å². The summed E-state index contributed by atoms with van der Waals surface area (Å²) >= 11 is 0. The molecule has 2 amide bonds. The molecule has 0 aromatic rings. The van der Waals surface area contributed by atoms with E-state index >= 15 is 0 Å². The Kier molecular flexibility index (Phi) is 7.81. The van der Waals surface area contributed by atoms with Crippen LogP contribution in [0.4, 0.5) is 4.79 Å². The van der Waals surface area contributed by atoms with Crippen LogP contribution in [0.15, 0.2) is 4.99 Å². The van der Waals surface area contributed by atoms with Crippen LogP contribution in [0.1, 0.15) is 33.1 Å². The van der Waals surface area contributed by atoms with Crippen molar-refractivity contribution < 1.29 is 14.3 Å². The highest BCUT2D eigenvalue weighted by molar-refractivity contribution is 5.80. The molecule has 0 unspecified atom stereocenters. The fourth-order valence-corrected chi connectivity index (χ4v) is 3.13. The van der Waals surface area contributed by atoms with Gasteiger partial charge in [-0.1, -0.05) is 0 Å². The highest BCUT2D eigenvalue weighted by Gasteiger charge is 2.23. The number of carbonyl (C=O) groups excluding carboxylic acids is 2. The van der Waals surface area contributed by atoms with Crippen LogP contribution in [0.3, 0.4) is 0 Å². The normalized spacial score (nSPS) is 18.7. The molecule has 0 bridgehead atoms. The molecule has 0 spiro atoms. The lowest BCUT2D eigenvalue weighted by Crippen LogP contribution is -2.54. The number of carbonyl (C=O) groups is 2. The number of guanidine groups is 1. The Labute approximate surface area is 150 Å².